The van der Waals surface area contributed by atoms with Crippen molar-refractivity contribution in [2.75, 3.05) is 0 Å². The van der Waals surface area contributed by atoms with Crippen LogP contribution in [0, 0.1) is 10.5 Å². The number of nitrogens with two attached hydrogens (primary N) is 1. The Morgan fingerprint density at radius 3 is 2.71 bits per heavy atom. The Morgan fingerprint density at radius 2 is 2.00 bits per heavy atom. The molecule has 0 amide bonds. The SMILES string of the molecule is Cc1cccc(C(NN)c2cccc(OC3CC3)c2)c1I. The number of rotatable bonds is 5. The fourth-order valence-electron chi connectivity index (χ4n) is 2.40. The molecule has 0 heterocycles. The number of ether oxygens (including phenoxy) is 1. The fraction of sp³-hybridized carbons (Fsp3) is 0.294. The lowest BCUT2D eigenvalue weighted by Crippen LogP contribution is -2.29. The third-order valence-electron chi connectivity index (χ3n) is 3.72. The van der Waals surface area contributed by atoms with Crippen molar-refractivity contribution in [1.82, 2.24) is 5.43 Å². The number of hydrogen-bond donors (Lipinski definition) is 2. The van der Waals surface area contributed by atoms with Crippen LogP contribution in [0.25, 0.3) is 0 Å². The Hall–Kier alpha value is -1.11. The van der Waals surface area contributed by atoms with Crippen LogP contribution in [0.4, 0.5) is 0 Å². The maximum absolute atomic E-state index is 5.88. The van der Waals surface area contributed by atoms with Gasteiger partial charge in [-0.2, -0.15) is 0 Å². The van der Waals surface area contributed by atoms with E-state index in [4.69, 9.17) is 10.6 Å². The molecule has 3 N–H and O–H groups in total. The maximum atomic E-state index is 5.88. The summed E-state index contributed by atoms with van der Waals surface area (Å²) in [6.07, 6.45) is 2.74. The van der Waals surface area contributed by atoms with Crippen molar-refractivity contribution in [3.05, 3.63) is 62.7 Å². The van der Waals surface area contributed by atoms with Gasteiger partial charge in [-0.3, -0.25) is 5.84 Å². The lowest BCUT2D eigenvalue weighted by atomic mass is 9.98. The van der Waals surface area contributed by atoms with E-state index >= 15 is 0 Å². The molecule has 1 atom stereocenters. The second-order valence-corrected chi connectivity index (χ2v) is 6.55. The second kappa shape index (κ2) is 6.34. The van der Waals surface area contributed by atoms with Gasteiger partial charge in [0.05, 0.1) is 12.1 Å². The highest BCUT2D eigenvalue weighted by Crippen LogP contribution is 2.31. The van der Waals surface area contributed by atoms with Gasteiger partial charge >= 0.3 is 0 Å². The van der Waals surface area contributed by atoms with Crippen molar-refractivity contribution in [2.45, 2.75) is 31.9 Å². The molecule has 21 heavy (non-hydrogen) atoms. The van der Waals surface area contributed by atoms with Gasteiger partial charge in [-0.1, -0.05) is 30.3 Å². The van der Waals surface area contributed by atoms with Crippen molar-refractivity contribution in [3.8, 4) is 5.75 Å². The summed E-state index contributed by atoms with van der Waals surface area (Å²) in [5.41, 5.74) is 6.52. The summed E-state index contributed by atoms with van der Waals surface area (Å²) < 4.78 is 7.12. The average Bonchev–Trinajstić information content (AvgIpc) is 3.29. The molecular weight excluding hydrogens is 375 g/mol. The quantitative estimate of drug-likeness (QED) is 0.462. The molecule has 2 aromatic rings. The van der Waals surface area contributed by atoms with E-state index in [0.29, 0.717) is 6.10 Å². The first-order chi connectivity index (χ1) is 10.2. The minimum Gasteiger partial charge on any atom is -0.490 e. The molecular formula is C17H19IN2O. The topological polar surface area (TPSA) is 47.3 Å². The van der Waals surface area contributed by atoms with Crippen LogP contribution in [0.15, 0.2) is 42.5 Å². The number of hydrazine groups is 1. The molecule has 0 aliphatic heterocycles. The Morgan fingerprint density at radius 1 is 1.24 bits per heavy atom. The minimum atomic E-state index is -0.0282. The van der Waals surface area contributed by atoms with Gasteiger partial charge in [0.2, 0.25) is 0 Å². The normalized spacial score (nSPS) is 15.8. The molecule has 110 valence electrons. The van der Waals surface area contributed by atoms with Crippen molar-refractivity contribution < 1.29 is 4.74 Å². The average molecular weight is 394 g/mol. The number of nitrogens with one attached hydrogen (secondary N) is 1. The molecule has 0 aromatic heterocycles. The number of halogens is 1. The van der Waals surface area contributed by atoms with Gasteiger partial charge < -0.3 is 4.74 Å². The van der Waals surface area contributed by atoms with Crippen LogP contribution in [0.3, 0.4) is 0 Å². The van der Waals surface area contributed by atoms with Crippen molar-refractivity contribution >= 4 is 22.6 Å². The third-order valence-corrected chi connectivity index (χ3v) is 5.19. The van der Waals surface area contributed by atoms with E-state index in [1.807, 2.05) is 12.1 Å². The highest BCUT2D eigenvalue weighted by atomic mass is 127. The van der Waals surface area contributed by atoms with Crippen LogP contribution in [-0.4, -0.2) is 6.10 Å². The van der Waals surface area contributed by atoms with Crippen LogP contribution in [-0.2, 0) is 0 Å². The van der Waals surface area contributed by atoms with E-state index in [1.165, 1.54) is 27.5 Å². The predicted octanol–water partition coefficient (Wildman–Crippen LogP) is 3.69. The molecule has 0 bridgehead atoms. The van der Waals surface area contributed by atoms with E-state index in [2.05, 4.69) is 65.3 Å². The van der Waals surface area contributed by atoms with Crippen LogP contribution in [0.1, 0.15) is 35.6 Å². The van der Waals surface area contributed by atoms with Crippen LogP contribution in [0.5, 0.6) is 5.75 Å². The molecule has 2 aromatic carbocycles. The molecule has 0 radical (unpaired) electrons. The van der Waals surface area contributed by atoms with Crippen molar-refractivity contribution in [3.63, 3.8) is 0 Å². The summed E-state index contributed by atoms with van der Waals surface area (Å²) in [4.78, 5) is 0. The fourth-order valence-corrected chi connectivity index (χ4v) is 3.08. The zero-order chi connectivity index (χ0) is 14.8. The lowest BCUT2D eigenvalue weighted by molar-refractivity contribution is 0.302. The molecule has 1 saturated carbocycles. The van der Waals surface area contributed by atoms with E-state index < -0.39 is 0 Å². The first kappa shape index (κ1) is 14.8. The van der Waals surface area contributed by atoms with Crippen molar-refractivity contribution in [1.29, 1.82) is 0 Å². The van der Waals surface area contributed by atoms with E-state index in [9.17, 15) is 0 Å². The Balaban J connectivity index is 1.93. The van der Waals surface area contributed by atoms with Crippen LogP contribution >= 0.6 is 22.6 Å². The summed E-state index contributed by atoms with van der Waals surface area (Å²) in [5, 5.41) is 0. The third kappa shape index (κ3) is 3.39. The Bertz CT molecular complexity index is 640. The van der Waals surface area contributed by atoms with Crippen LogP contribution < -0.4 is 16.0 Å². The minimum absolute atomic E-state index is 0.0282. The summed E-state index contributed by atoms with van der Waals surface area (Å²) in [7, 11) is 0. The van der Waals surface area contributed by atoms with E-state index in [1.54, 1.807) is 0 Å². The molecule has 1 aliphatic rings. The maximum Gasteiger partial charge on any atom is 0.120 e. The van der Waals surface area contributed by atoms with E-state index in [0.717, 1.165) is 11.3 Å². The molecule has 1 aliphatic carbocycles. The number of benzene rings is 2. The molecule has 3 nitrogen and oxygen atoms in total. The highest BCUT2D eigenvalue weighted by molar-refractivity contribution is 14.1. The first-order valence-corrected chi connectivity index (χ1v) is 8.24. The molecule has 4 heteroatoms. The molecule has 1 unspecified atom stereocenters. The molecule has 3 rings (SSSR count). The van der Waals surface area contributed by atoms with Gasteiger partial charge in [0.25, 0.3) is 0 Å². The zero-order valence-corrected chi connectivity index (χ0v) is 14.1. The molecule has 0 saturated heterocycles. The summed E-state index contributed by atoms with van der Waals surface area (Å²) in [6.45, 7) is 2.12. The Labute approximate surface area is 139 Å². The van der Waals surface area contributed by atoms with E-state index in [-0.39, 0.29) is 6.04 Å². The van der Waals surface area contributed by atoms with Gasteiger partial charge in [-0.05, 0) is 71.2 Å². The molecule has 1 fully saturated rings. The van der Waals surface area contributed by atoms with Gasteiger partial charge in [0.1, 0.15) is 5.75 Å². The van der Waals surface area contributed by atoms with Gasteiger partial charge in [0.15, 0.2) is 0 Å². The lowest BCUT2D eigenvalue weighted by Gasteiger charge is -2.20. The second-order valence-electron chi connectivity index (χ2n) is 5.47. The highest BCUT2D eigenvalue weighted by Gasteiger charge is 2.24. The van der Waals surface area contributed by atoms with Gasteiger partial charge in [-0.25, -0.2) is 5.43 Å². The Kier molecular flexibility index (Phi) is 4.47. The van der Waals surface area contributed by atoms with Gasteiger partial charge in [0, 0.05) is 3.57 Å². The first-order valence-electron chi connectivity index (χ1n) is 7.17. The monoisotopic (exact) mass is 394 g/mol. The summed E-state index contributed by atoms with van der Waals surface area (Å²) in [6, 6.07) is 14.5. The summed E-state index contributed by atoms with van der Waals surface area (Å²) in [5.74, 6) is 6.75. The van der Waals surface area contributed by atoms with Gasteiger partial charge in [-0.15, -0.1) is 0 Å². The predicted molar refractivity (Wildman–Crippen MR) is 93.2 cm³/mol. The standard InChI is InChI=1S/C17H19IN2O/c1-11-4-2-7-15(16(11)18)17(20-19)12-5-3-6-14(10-12)21-13-8-9-13/h2-7,10,13,17,20H,8-9,19H2,1H3. The largest absolute Gasteiger partial charge is 0.490 e. The smallest absolute Gasteiger partial charge is 0.120 e. The number of hydrogen-bond acceptors (Lipinski definition) is 3. The zero-order valence-electron chi connectivity index (χ0n) is 12.0. The van der Waals surface area contributed by atoms with Crippen LogP contribution in [0.2, 0.25) is 0 Å². The summed E-state index contributed by atoms with van der Waals surface area (Å²) >= 11 is 2.38. The molecule has 0 spiro atoms. The van der Waals surface area contributed by atoms with Crippen molar-refractivity contribution in [2.24, 2.45) is 5.84 Å². The number of aryl methyl sites for hydroxylation is 1.